The highest BCUT2D eigenvalue weighted by atomic mass is 16.3. The topological polar surface area (TPSA) is 87.8 Å². The van der Waals surface area contributed by atoms with E-state index in [0.717, 1.165) is 27.8 Å². The van der Waals surface area contributed by atoms with Crippen LogP contribution in [0.2, 0.25) is 0 Å². The second-order valence-corrected chi connectivity index (χ2v) is 6.64. The Hall–Kier alpha value is -2.56. The number of nitrogen functional groups attached to an aromatic ring is 1. The normalized spacial score (nSPS) is 12.0. The van der Waals surface area contributed by atoms with E-state index >= 15 is 0 Å². The van der Waals surface area contributed by atoms with Gasteiger partial charge in [-0.3, -0.25) is 5.10 Å². The van der Waals surface area contributed by atoms with Gasteiger partial charge in [-0.15, -0.1) is 0 Å². The number of phenolic OH excluding ortho intramolecular Hbond substituents is 1. The summed E-state index contributed by atoms with van der Waals surface area (Å²) in [6, 6.07) is 7.36. The van der Waals surface area contributed by atoms with Gasteiger partial charge in [0.25, 0.3) is 0 Å². The predicted octanol–water partition coefficient (Wildman–Crippen LogP) is 3.52. The molecule has 0 spiro atoms. The van der Waals surface area contributed by atoms with Crippen LogP contribution >= 0.6 is 0 Å². The zero-order valence-corrected chi connectivity index (χ0v) is 13.2. The van der Waals surface area contributed by atoms with E-state index < -0.39 is 0 Å². The number of fused-ring (bicyclic) bond motifs is 1. The maximum Gasteiger partial charge on any atom is 0.184 e. The average Bonchev–Trinajstić information content (AvgIpc) is 2.81. The highest BCUT2D eigenvalue weighted by molar-refractivity contribution is 6.00. The molecule has 2 aromatic heterocycles. The molecule has 5 heteroatoms. The number of aromatic nitrogens is 3. The van der Waals surface area contributed by atoms with Crippen molar-refractivity contribution in [2.24, 2.45) is 0 Å². The highest BCUT2D eigenvalue weighted by Gasteiger charge is 2.21. The molecule has 0 aliphatic rings. The number of phenols is 1. The largest absolute Gasteiger partial charge is 0.508 e. The van der Waals surface area contributed by atoms with E-state index in [9.17, 15) is 5.11 Å². The quantitative estimate of drug-likeness (QED) is 0.641. The van der Waals surface area contributed by atoms with Crippen molar-refractivity contribution in [1.82, 2.24) is 15.2 Å². The molecule has 22 heavy (non-hydrogen) atoms. The number of hydrogen-bond acceptors (Lipinski definition) is 4. The van der Waals surface area contributed by atoms with Crippen molar-refractivity contribution >= 4 is 16.9 Å². The second kappa shape index (κ2) is 4.73. The SMILES string of the molecule is Cc1ccc(O)cc1-c1cc(C(C)(C)C)nc2n[nH]c(N)c12. The Balaban J connectivity index is 2.40. The van der Waals surface area contributed by atoms with Crippen LogP contribution in [0, 0.1) is 6.92 Å². The standard InChI is InChI=1S/C17H20N4O/c1-9-5-6-10(22)7-11(9)12-8-13(17(2,3)4)19-16-14(12)15(18)20-21-16/h5-8,22H,1-4H3,(H3,18,19,20,21). The molecule has 2 heterocycles. The zero-order chi connectivity index (χ0) is 16.1. The van der Waals surface area contributed by atoms with Crippen molar-refractivity contribution in [2.45, 2.75) is 33.1 Å². The number of pyridine rings is 1. The van der Waals surface area contributed by atoms with E-state index in [2.05, 4.69) is 36.0 Å². The third-order valence-corrected chi connectivity index (χ3v) is 3.83. The Morgan fingerprint density at radius 3 is 2.55 bits per heavy atom. The number of aromatic amines is 1. The van der Waals surface area contributed by atoms with E-state index in [0.29, 0.717) is 11.5 Å². The van der Waals surface area contributed by atoms with Gasteiger partial charge < -0.3 is 10.8 Å². The highest BCUT2D eigenvalue weighted by Crippen LogP contribution is 2.37. The smallest absolute Gasteiger partial charge is 0.184 e. The van der Waals surface area contributed by atoms with E-state index in [-0.39, 0.29) is 11.2 Å². The minimum Gasteiger partial charge on any atom is -0.508 e. The molecule has 4 N–H and O–H groups in total. The first-order chi connectivity index (χ1) is 10.3. The van der Waals surface area contributed by atoms with Gasteiger partial charge in [0.1, 0.15) is 11.6 Å². The van der Waals surface area contributed by atoms with Crippen molar-refractivity contribution < 1.29 is 5.11 Å². The minimum absolute atomic E-state index is 0.110. The second-order valence-electron chi connectivity index (χ2n) is 6.64. The summed E-state index contributed by atoms with van der Waals surface area (Å²) in [7, 11) is 0. The summed E-state index contributed by atoms with van der Waals surface area (Å²) in [5, 5.41) is 17.7. The molecule has 0 amide bonds. The summed E-state index contributed by atoms with van der Waals surface area (Å²) in [5.74, 6) is 0.714. The summed E-state index contributed by atoms with van der Waals surface area (Å²) in [5.41, 5.74) is 10.4. The molecule has 0 aliphatic carbocycles. The van der Waals surface area contributed by atoms with Crippen molar-refractivity contribution in [3.8, 4) is 16.9 Å². The number of rotatable bonds is 1. The van der Waals surface area contributed by atoms with Crippen LogP contribution in [-0.4, -0.2) is 20.3 Å². The van der Waals surface area contributed by atoms with Crippen LogP contribution in [0.25, 0.3) is 22.2 Å². The summed E-state index contributed by atoms with van der Waals surface area (Å²) >= 11 is 0. The van der Waals surface area contributed by atoms with Gasteiger partial charge in [0.15, 0.2) is 5.65 Å². The average molecular weight is 296 g/mol. The van der Waals surface area contributed by atoms with E-state index in [1.165, 1.54) is 0 Å². The first-order valence-corrected chi connectivity index (χ1v) is 7.22. The van der Waals surface area contributed by atoms with Gasteiger partial charge in [-0.2, -0.15) is 5.10 Å². The molecule has 3 rings (SSSR count). The monoisotopic (exact) mass is 296 g/mol. The summed E-state index contributed by atoms with van der Waals surface area (Å²) in [6.07, 6.45) is 0. The van der Waals surface area contributed by atoms with Crippen LogP contribution in [0.1, 0.15) is 32.0 Å². The van der Waals surface area contributed by atoms with Gasteiger partial charge in [0, 0.05) is 11.1 Å². The van der Waals surface area contributed by atoms with Gasteiger partial charge in [0.2, 0.25) is 0 Å². The van der Waals surface area contributed by atoms with Crippen LogP contribution < -0.4 is 5.73 Å². The molecule has 0 aliphatic heterocycles. The molecule has 0 fully saturated rings. The fourth-order valence-electron chi connectivity index (χ4n) is 2.54. The summed E-state index contributed by atoms with van der Waals surface area (Å²) < 4.78 is 0. The van der Waals surface area contributed by atoms with Crippen LogP contribution in [0.5, 0.6) is 5.75 Å². The van der Waals surface area contributed by atoms with Gasteiger partial charge in [0.05, 0.1) is 5.39 Å². The summed E-state index contributed by atoms with van der Waals surface area (Å²) in [4.78, 5) is 4.62. The number of nitrogens with one attached hydrogen (secondary N) is 1. The maximum atomic E-state index is 9.85. The number of benzene rings is 1. The molecule has 1 aromatic carbocycles. The summed E-state index contributed by atoms with van der Waals surface area (Å²) in [6.45, 7) is 8.33. The Kier molecular flexibility index (Phi) is 3.09. The molecule has 0 atom stereocenters. The maximum absolute atomic E-state index is 9.85. The molecule has 3 aromatic rings. The van der Waals surface area contributed by atoms with Gasteiger partial charge in [-0.25, -0.2) is 4.98 Å². The first-order valence-electron chi connectivity index (χ1n) is 7.22. The fourth-order valence-corrected chi connectivity index (χ4v) is 2.54. The van der Waals surface area contributed by atoms with Gasteiger partial charge in [-0.05, 0) is 41.8 Å². The van der Waals surface area contributed by atoms with Crippen LogP contribution in [0.3, 0.4) is 0 Å². The van der Waals surface area contributed by atoms with E-state index in [1.54, 1.807) is 12.1 Å². The lowest BCUT2D eigenvalue weighted by Gasteiger charge is -2.19. The molecule has 0 saturated carbocycles. The van der Waals surface area contributed by atoms with Crippen molar-refractivity contribution in [3.05, 3.63) is 35.5 Å². The van der Waals surface area contributed by atoms with Crippen LogP contribution in [0.15, 0.2) is 24.3 Å². The molecule has 114 valence electrons. The molecule has 0 radical (unpaired) electrons. The molecular weight excluding hydrogens is 276 g/mol. The lowest BCUT2D eigenvalue weighted by atomic mass is 9.88. The van der Waals surface area contributed by atoms with Crippen LogP contribution in [0.4, 0.5) is 5.82 Å². The fraction of sp³-hybridized carbons (Fsp3) is 0.294. The van der Waals surface area contributed by atoms with Crippen LogP contribution in [-0.2, 0) is 5.41 Å². The Labute approximate surface area is 129 Å². The first kappa shape index (κ1) is 14.4. The van der Waals surface area contributed by atoms with Gasteiger partial charge >= 0.3 is 0 Å². The number of aromatic hydroxyl groups is 1. The number of nitrogens with zero attached hydrogens (tertiary/aromatic N) is 2. The molecular formula is C17H20N4O. The van der Waals surface area contributed by atoms with E-state index in [1.807, 2.05) is 19.1 Å². The zero-order valence-electron chi connectivity index (χ0n) is 13.2. The number of H-pyrrole nitrogens is 1. The van der Waals surface area contributed by atoms with Crippen molar-refractivity contribution in [3.63, 3.8) is 0 Å². The molecule has 0 bridgehead atoms. The minimum atomic E-state index is -0.110. The molecule has 5 nitrogen and oxygen atoms in total. The van der Waals surface area contributed by atoms with Crippen molar-refractivity contribution in [2.75, 3.05) is 5.73 Å². The molecule has 0 unspecified atom stereocenters. The Morgan fingerprint density at radius 1 is 1.14 bits per heavy atom. The number of aryl methyl sites for hydroxylation is 1. The third-order valence-electron chi connectivity index (χ3n) is 3.83. The van der Waals surface area contributed by atoms with E-state index in [4.69, 9.17) is 5.73 Å². The number of anilines is 1. The number of nitrogens with two attached hydrogens (primary N) is 1. The van der Waals surface area contributed by atoms with Gasteiger partial charge in [-0.1, -0.05) is 26.8 Å². The predicted molar refractivity (Wildman–Crippen MR) is 88.8 cm³/mol. The Bertz CT molecular complexity index is 859. The number of hydrogen-bond donors (Lipinski definition) is 3. The lowest BCUT2D eigenvalue weighted by molar-refractivity contribution is 0.475. The lowest BCUT2D eigenvalue weighted by Crippen LogP contribution is -2.13. The Morgan fingerprint density at radius 2 is 1.86 bits per heavy atom. The van der Waals surface area contributed by atoms with Crippen molar-refractivity contribution in [1.29, 1.82) is 0 Å². The third kappa shape index (κ3) is 2.28. The molecule has 0 saturated heterocycles.